The van der Waals surface area contributed by atoms with Crippen molar-refractivity contribution in [1.29, 1.82) is 0 Å². The highest BCUT2D eigenvalue weighted by atomic mass is 32.2. The van der Waals surface area contributed by atoms with Gasteiger partial charge >= 0.3 is 0 Å². The van der Waals surface area contributed by atoms with Gasteiger partial charge in [0.1, 0.15) is 0 Å². The van der Waals surface area contributed by atoms with Crippen LogP contribution in [-0.4, -0.2) is 23.5 Å². The van der Waals surface area contributed by atoms with Crippen LogP contribution in [0.5, 0.6) is 0 Å². The standard InChI is InChI=1S/C14H26N2S/c1-4-14(5-2)9-15-13(17-10-14)16-11(3)8-12-6-7-12/h11-12H,4-10H2,1-3H3,(H,15,16). The van der Waals surface area contributed by atoms with Gasteiger partial charge in [-0.05, 0) is 37.5 Å². The first-order valence-corrected chi connectivity index (χ1v) is 8.10. The van der Waals surface area contributed by atoms with E-state index in [1.165, 1.54) is 43.0 Å². The molecule has 0 aromatic rings. The van der Waals surface area contributed by atoms with Crippen molar-refractivity contribution in [1.82, 2.24) is 5.32 Å². The molecule has 0 aromatic carbocycles. The van der Waals surface area contributed by atoms with E-state index in [1.54, 1.807) is 0 Å². The molecular formula is C14H26N2S. The number of hydrogen-bond donors (Lipinski definition) is 1. The fourth-order valence-electron chi connectivity index (χ4n) is 2.44. The summed E-state index contributed by atoms with van der Waals surface area (Å²) in [5.74, 6) is 2.24. The number of rotatable bonds is 5. The van der Waals surface area contributed by atoms with Gasteiger partial charge in [-0.3, -0.25) is 4.99 Å². The summed E-state index contributed by atoms with van der Waals surface area (Å²) in [4.78, 5) is 4.76. The molecule has 1 unspecified atom stereocenters. The highest BCUT2D eigenvalue weighted by molar-refractivity contribution is 8.13. The summed E-state index contributed by atoms with van der Waals surface area (Å²) in [7, 11) is 0. The minimum Gasteiger partial charge on any atom is -0.362 e. The van der Waals surface area contributed by atoms with Gasteiger partial charge in [-0.2, -0.15) is 0 Å². The molecule has 2 rings (SSSR count). The van der Waals surface area contributed by atoms with Crippen LogP contribution in [0.25, 0.3) is 0 Å². The van der Waals surface area contributed by atoms with Gasteiger partial charge in [-0.25, -0.2) is 0 Å². The van der Waals surface area contributed by atoms with E-state index in [4.69, 9.17) is 4.99 Å². The molecule has 1 saturated carbocycles. The van der Waals surface area contributed by atoms with E-state index in [1.807, 2.05) is 11.8 Å². The number of nitrogens with one attached hydrogen (secondary N) is 1. The number of hydrogen-bond acceptors (Lipinski definition) is 3. The molecule has 98 valence electrons. The number of aliphatic imine (C=N–C) groups is 1. The van der Waals surface area contributed by atoms with Gasteiger partial charge in [-0.1, -0.05) is 38.5 Å². The molecule has 0 radical (unpaired) electrons. The van der Waals surface area contributed by atoms with E-state index < -0.39 is 0 Å². The molecule has 3 heteroatoms. The third kappa shape index (κ3) is 3.64. The first kappa shape index (κ1) is 13.3. The van der Waals surface area contributed by atoms with Crippen LogP contribution in [0.2, 0.25) is 0 Å². The minimum atomic E-state index is 0.468. The Morgan fingerprint density at radius 1 is 1.41 bits per heavy atom. The van der Waals surface area contributed by atoms with Crippen LogP contribution in [0.3, 0.4) is 0 Å². The van der Waals surface area contributed by atoms with Gasteiger partial charge in [0.2, 0.25) is 0 Å². The third-order valence-electron chi connectivity index (χ3n) is 4.33. The maximum absolute atomic E-state index is 4.76. The summed E-state index contributed by atoms with van der Waals surface area (Å²) >= 11 is 1.93. The molecule has 1 N–H and O–H groups in total. The van der Waals surface area contributed by atoms with Crippen LogP contribution < -0.4 is 5.32 Å². The Bertz CT molecular complexity index is 280. The fourth-order valence-corrected chi connectivity index (χ4v) is 3.82. The van der Waals surface area contributed by atoms with E-state index >= 15 is 0 Å². The van der Waals surface area contributed by atoms with Gasteiger partial charge in [0.25, 0.3) is 0 Å². The highest BCUT2D eigenvalue weighted by Gasteiger charge is 2.31. The second-order valence-corrected chi connectivity index (χ2v) is 6.81. The highest BCUT2D eigenvalue weighted by Crippen LogP contribution is 2.36. The summed E-state index contributed by atoms with van der Waals surface area (Å²) in [5.41, 5.74) is 0.468. The summed E-state index contributed by atoms with van der Waals surface area (Å²) in [6.07, 6.45) is 6.73. The minimum absolute atomic E-state index is 0.468. The molecule has 1 atom stereocenters. The zero-order valence-electron chi connectivity index (χ0n) is 11.5. The van der Waals surface area contributed by atoms with Crippen LogP contribution in [0.15, 0.2) is 4.99 Å². The molecule has 0 aromatic heterocycles. The van der Waals surface area contributed by atoms with Crippen molar-refractivity contribution >= 4 is 16.9 Å². The van der Waals surface area contributed by atoms with Crippen molar-refractivity contribution in [2.75, 3.05) is 12.3 Å². The van der Waals surface area contributed by atoms with Crippen molar-refractivity contribution in [3.8, 4) is 0 Å². The Morgan fingerprint density at radius 3 is 2.59 bits per heavy atom. The normalized spacial score (nSPS) is 25.2. The Kier molecular flexibility index (Phi) is 4.40. The van der Waals surface area contributed by atoms with Crippen LogP contribution in [0, 0.1) is 11.3 Å². The Morgan fingerprint density at radius 2 is 2.12 bits per heavy atom. The quantitative estimate of drug-likeness (QED) is 0.809. The monoisotopic (exact) mass is 254 g/mol. The number of nitrogens with zero attached hydrogens (tertiary/aromatic N) is 1. The maximum atomic E-state index is 4.76. The third-order valence-corrected chi connectivity index (χ3v) is 5.60. The summed E-state index contributed by atoms with van der Waals surface area (Å²) < 4.78 is 0. The zero-order chi connectivity index (χ0) is 12.3. The van der Waals surface area contributed by atoms with Gasteiger partial charge in [0.05, 0.1) is 0 Å². The van der Waals surface area contributed by atoms with Crippen molar-refractivity contribution in [3.63, 3.8) is 0 Å². The molecule has 2 nitrogen and oxygen atoms in total. The molecule has 0 bridgehead atoms. The molecule has 1 fully saturated rings. The molecule has 1 heterocycles. The second-order valence-electron chi connectivity index (χ2n) is 5.84. The van der Waals surface area contributed by atoms with E-state index in [2.05, 4.69) is 26.1 Å². The molecule has 1 aliphatic heterocycles. The first-order valence-electron chi connectivity index (χ1n) is 7.11. The van der Waals surface area contributed by atoms with Crippen molar-refractivity contribution in [2.24, 2.45) is 16.3 Å². The van der Waals surface area contributed by atoms with Crippen molar-refractivity contribution in [3.05, 3.63) is 0 Å². The molecule has 2 aliphatic rings. The SMILES string of the molecule is CCC1(CC)CN=C(NC(C)CC2CC2)SC1. The topological polar surface area (TPSA) is 24.4 Å². The first-order chi connectivity index (χ1) is 8.17. The van der Waals surface area contributed by atoms with Crippen LogP contribution in [0.4, 0.5) is 0 Å². The lowest BCUT2D eigenvalue weighted by molar-refractivity contribution is 0.318. The molecular weight excluding hydrogens is 228 g/mol. The van der Waals surface area contributed by atoms with Crippen molar-refractivity contribution < 1.29 is 0 Å². The Balaban J connectivity index is 1.80. The molecule has 0 saturated heterocycles. The van der Waals surface area contributed by atoms with Gasteiger partial charge in [-0.15, -0.1) is 0 Å². The summed E-state index contributed by atoms with van der Waals surface area (Å²) in [6.45, 7) is 7.91. The van der Waals surface area contributed by atoms with Gasteiger partial charge in [0.15, 0.2) is 5.17 Å². The van der Waals surface area contributed by atoms with Crippen LogP contribution in [-0.2, 0) is 0 Å². The molecule has 0 spiro atoms. The van der Waals surface area contributed by atoms with Crippen LogP contribution >= 0.6 is 11.8 Å². The van der Waals surface area contributed by atoms with Gasteiger partial charge < -0.3 is 5.32 Å². The molecule has 17 heavy (non-hydrogen) atoms. The van der Waals surface area contributed by atoms with Crippen LogP contribution in [0.1, 0.15) is 52.9 Å². The average molecular weight is 254 g/mol. The second kappa shape index (κ2) is 5.64. The van der Waals surface area contributed by atoms with E-state index in [-0.39, 0.29) is 0 Å². The summed E-state index contributed by atoms with van der Waals surface area (Å²) in [5, 5.41) is 4.78. The lowest BCUT2D eigenvalue weighted by Gasteiger charge is -2.34. The lowest BCUT2D eigenvalue weighted by Crippen LogP contribution is -2.38. The zero-order valence-corrected chi connectivity index (χ0v) is 12.3. The smallest absolute Gasteiger partial charge is 0.156 e. The maximum Gasteiger partial charge on any atom is 0.156 e. The largest absolute Gasteiger partial charge is 0.362 e. The number of thioether (sulfide) groups is 1. The number of amidine groups is 1. The van der Waals surface area contributed by atoms with Gasteiger partial charge in [0, 0.05) is 18.3 Å². The fraction of sp³-hybridized carbons (Fsp3) is 0.929. The Hall–Kier alpha value is -0.180. The predicted octanol–water partition coefficient (Wildman–Crippen LogP) is 3.67. The Labute approximate surface area is 110 Å². The van der Waals surface area contributed by atoms with Crippen molar-refractivity contribution in [2.45, 2.75) is 58.9 Å². The molecule has 1 aliphatic carbocycles. The lowest BCUT2D eigenvalue weighted by atomic mass is 9.84. The van der Waals surface area contributed by atoms with E-state index in [0.29, 0.717) is 11.5 Å². The van der Waals surface area contributed by atoms with E-state index in [0.717, 1.165) is 12.5 Å². The molecule has 0 amide bonds. The average Bonchev–Trinajstić information content (AvgIpc) is 3.14. The van der Waals surface area contributed by atoms with E-state index in [9.17, 15) is 0 Å². The summed E-state index contributed by atoms with van der Waals surface area (Å²) in [6, 6.07) is 0.601. The predicted molar refractivity (Wildman–Crippen MR) is 77.7 cm³/mol.